The first-order valence-electron chi connectivity index (χ1n) is 6.03. The molecule has 0 radical (unpaired) electrons. The third kappa shape index (κ3) is 2.98. The van der Waals surface area contributed by atoms with Crippen LogP contribution in [0.25, 0.3) is 5.82 Å². The largest absolute Gasteiger partial charge is 0.369 e. The summed E-state index contributed by atoms with van der Waals surface area (Å²) in [7, 11) is 0. The molecule has 0 saturated heterocycles. The Hall–Kier alpha value is -1.33. The van der Waals surface area contributed by atoms with Gasteiger partial charge in [0.25, 0.3) is 0 Å². The Morgan fingerprint density at radius 1 is 1.21 bits per heavy atom. The van der Waals surface area contributed by atoms with Gasteiger partial charge >= 0.3 is 0 Å². The highest BCUT2D eigenvalue weighted by Crippen LogP contribution is 2.28. The molecule has 0 spiro atoms. The quantitative estimate of drug-likeness (QED) is 0.940. The third-order valence-corrected chi connectivity index (χ3v) is 3.10. The minimum absolute atomic E-state index is 0.444. The third-order valence-electron chi connectivity index (χ3n) is 2.53. The van der Waals surface area contributed by atoms with E-state index < -0.39 is 0 Å². The van der Waals surface area contributed by atoms with Gasteiger partial charge in [0.1, 0.15) is 17.5 Å². The summed E-state index contributed by atoms with van der Waals surface area (Å²) in [5.74, 6) is 2.54. The van der Waals surface area contributed by atoms with E-state index in [1.54, 1.807) is 10.7 Å². The van der Waals surface area contributed by atoms with Crippen LogP contribution in [0.4, 0.5) is 5.82 Å². The summed E-state index contributed by atoms with van der Waals surface area (Å²) in [6.45, 7) is 6.54. The molecule has 0 aliphatic rings. The maximum atomic E-state index is 6.19. The number of hydrogen-bond acceptors (Lipinski definition) is 4. The fraction of sp³-hybridized carbons (Fsp3) is 0.417. The Bertz CT molecular complexity index is 594. The van der Waals surface area contributed by atoms with Crippen molar-refractivity contribution in [3.63, 3.8) is 0 Å². The lowest BCUT2D eigenvalue weighted by molar-refractivity contribution is 0.803. The average Bonchev–Trinajstić information content (AvgIpc) is 2.67. The van der Waals surface area contributed by atoms with E-state index in [1.165, 1.54) is 0 Å². The molecule has 0 fully saturated rings. The van der Waals surface area contributed by atoms with Gasteiger partial charge in [-0.1, -0.05) is 30.1 Å². The van der Waals surface area contributed by atoms with E-state index in [-0.39, 0.29) is 0 Å². The van der Waals surface area contributed by atoms with Gasteiger partial charge in [-0.05, 0) is 26.3 Å². The molecule has 2 heterocycles. The minimum atomic E-state index is 0.444. The lowest BCUT2D eigenvalue weighted by atomic mass is 10.4. The van der Waals surface area contributed by atoms with E-state index in [2.05, 4.69) is 27.3 Å². The molecule has 2 aromatic rings. The molecular weight excluding hydrogens is 285 g/mol. The molecule has 102 valence electrons. The average molecular weight is 300 g/mol. The van der Waals surface area contributed by atoms with Crippen LogP contribution >= 0.6 is 23.2 Å². The number of hydrogen-bond donors (Lipinski definition) is 1. The first kappa shape index (κ1) is 14.1. The summed E-state index contributed by atoms with van der Waals surface area (Å²) in [6.07, 6.45) is 0.984. The maximum absolute atomic E-state index is 6.19. The lowest BCUT2D eigenvalue weighted by Crippen LogP contribution is -2.08. The Morgan fingerprint density at radius 3 is 2.53 bits per heavy atom. The monoisotopic (exact) mass is 299 g/mol. The van der Waals surface area contributed by atoms with E-state index in [4.69, 9.17) is 23.2 Å². The second kappa shape index (κ2) is 5.75. The SMILES string of the molecule is CCCNc1nc(-n2nc(C)nc2C)c(Cl)cc1Cl. The van der Waals surface area contributed by atoms with Crippen LogP contribution in [0.3, 0.4) is 0 Å². The molecule has 0 bridgehead atoms. The number of halogens is 2. The fourth-order valence-electron chi connectivity index (χ4n) is 1.69. The number of anilines is 1. The van der Waals surface area contributed by atoms with Gasteiger partial charge < -0.3 is 5.32 Å². The molecule has 0 unspecified atom stereocenters. The second-order valence-corrected chi connectivity index (χ2v) is 4.98. The smallest absolute Gasteiger partial charge is 0.176 e. The molecule has 19 heavy (non-hydrogen) atoms. The number of pyridine rings is 1. The van der Waals surface area contributed by atoms with Gasteiger partial charge in [0.15, 0.2) is 5.82 Å². The first-order valence-corrected chi connectivity index (χ1v) is 6.79. The van der Waals surface area contributed by atoms with Crippen molar-refractivity contribution in [2.45, 2.75) is 27.2 Å². The van der Waals surface area contributed by atoms with Crippen LogP contribution < -0.4 is 5.32 Å². The summed E-state index contributed by atoms with van der Waals surface area (Å²) >= 11 is 12.3. The summed E-state index contributed by atoms with van der Waals surface area (Å²) in [5.41, 5.74) is 0. The molecule has 0 atom stereocenters. The zero-order valence-corrected chi connectivity index (χ0v) is 12.5. The van der Waals surface area contributed by atoms with Gasteiger partial charge in [0.05, 0.1) is 10.0 Å². The highest BCUT2D eigenvalue weighted by molar-refractivity contribution is 6.36. The van der Waals surface area contributed by atoms with Crippen molar-refractivity contribution < 1.29 is 0 Å². The summed E-state index contributed by atoms with van der Waals surface area (Å²) < 4.78 is 1.62. The van der Waals surface area contributed by atoms with E-state index in [0.29, 0.717) is 27.5 Å². The van der Waals surface area contributed by atoms with Gasteiger partial charge in [-0.15, -0.1) is 5.10 Å². The molecule has 0 aliphatic heterocycles. The molecular formula is C12H15Cl2N5. The van der Waals surface area contributed by atoms with Crippen LogP contribution in [-0.4, -0.2) is 26.3 Å². The predicted molar refractivity (Wildman–Crippen MR) is 77.4 cm³/mol. The number of nitrogens with zero attached hydrogens (tertiary/aromatic N) is 4. The van der Waals surface area contributed by atoms with Crippen molar-refractivity contribution >= 4 is 29.0 Å². The van der Waals surface area contributed by atoms with Crippen molar-refractivity contribution in [3.05, 3.63) is 27.8 Å². The van der Waals surface area contributed by atoms with Crippen molar-refractivity contribution in [2.24, 2.45) is 0 Å². The van der Waals surface area contributed by atoms with Gasteiger partial charge in [0.2, 0.25) is 0 Å². The highest BCUT2D eigenvalue weighted by atomic mass is 35.5. The standard InChI is InChI=1S/C12H15Cl2N5/c1-4-5-15-11-9(13)6-10(14)12(17-11)19-8(3)16-7(2)18-19/h6H,4-5H2,1-3H3,(H,15,17). The summed E-state index contributed by atoms with van der Waals surface area (Å²) in [6, 6.07) is 1.67. The normalized spacial score (nSPS) is 10.8. The Morgan fingerprint density at radius 2 is 1.95 bits per heavy atom. The predicted octanol–water partition coefficient (Wildman–Crippen LogP) is 3.41. The Kier molecular flexibility index (Phi) is 4.27. The second-order valence-electron chi connectivity index (χ2n) is 4.17. The Balaban J connectivity index is 2.48. The van der Waals surface area contributed by atoms with Gasteiger partial charge in [-0.3, -0.25) is 0 Å². The molecule has 2 aromatic heterocycles. The Labute approximate surface area is 122 Å². The highest BCUT2D eigenvalue weighted by Gasteiger charge is 2.14. The zero-order valence-electron chi connectivity index (χ0n) is 11.0. The van der Waals surface area contributed by atoms with Crippen LogP contribution in [-0.2, 0) is 0 Å². The number of nitrogens with one attached hydrogen (secondary N) is 1. The summed E-state index contributed by atoms with van der Waals surface area (Å²) in [5, 5.41) is 8.38. The van der Waals surface area contributed by atoms with Crippen molar-refractivity contribution in [1.82, 2.24) is 19.7 Å². The van der Waals surface area contributed by atoms with E-state index in [9.17, 15) is 0 Å². The van der Waals surface area contributed by atoms with Gasteiger partial charge in [-0.25, -0.2) is 9.97 Å². The topological polar surface area (TPSA) is 55.6 Å². The van der Waals surface area contributed by atoms with Crippen molar-refractivity contribution in [3.8, 4) is 5.82 Å². The molecule has 0 aliphatic carbocycles. The van der Waals surface area contributed by atoms with Crippen LogP contribution in [0.2, 0.25) is 10.0 Å². The lowest BCUT2D eigenvalue weighted by Gasteiger charge is -2.10. The van der Waals surface area contributed by atoms with E-state index >= 15 is 0 Å². The molecule has 7 heteroatoms. The molecule has 2 rings (SSSR count). The van der Waals surface area contributed by atoms with Crippen LogP contribution in [0.1, 0.15) is 25.0 Å². The first-order chi connectivity index (χ1) is 9.02. The van der Waals surface area contributed by atoms with E-state index in [0.717, 1.165) is 18.8 Å². The fourth-order valence-corrected chi connectivity index (χ4v) is 2.20. The zero-order chi connectivity index (χ0) is 14.0. The molecule has 0 aromatic carbocycles. The van der Waals surface area contributed by atoms with Crippen molar-refractivity contribution in [1.29, 1.82) is 0 Å². The minimum Gasteiger partial charge on any atom is -0.369 e. The van der Waals surface area contributed by atoms with Gasteiger partial charge in [0, 0.05) is 6.54 Å². The van der Waals surface area contributed by atoms with Crippen molar-refractivity contribution in [2.75, 3.05) is 11.9 Å². The molecule has 0 saturated carbocycles. The summed E-state index contributed by atoms with van der Waals surface area (Å²) in [4.78, 5) is 8.68. The van der Waals surface area contributed by atoms with E-state index in [1.807, 2.05) is 13.8 Å². The molecule has 0 amide bonds. The number of rotatable bonds is 4. The number of aryl methyl sites for hydroxylation is 2. The number of aromatic nitrogens is 4. The maximum Gasteiger partial charge on any atom is 0.176 e. The van der Waals surface area contributed by atoms with Crippen LogP contribution in [0, 0.1) is 13.8 Å². The van der Waals surface area contributed by atoms with Gasteiger partial charge in [-0.2, -0.15) is 4.68 Å². The molecule has 5 nitrogen and oxygen atoms in total. The van der Waals surface area contributed by atoms with Crippen LogP contribution in [0.5, 0.6) is 0 Å². The van der Waals surface area contributed by atoms with Crippen LogP contribution in [0.15, 0.2) is 6.07 Å². The molecule has 1 N–H and O–H groups in total.